The largest absolute Gasteiger partial charge is 0.311 e. The molecule has 0 bridgehead atoms. The molecule has 0 unspecified atom stereocenters. The summed E-state index contributed by atoms with van der Waals surface area (Å²) in [6.07, 6.45) is 6.96. The molecule has 96 valence electrons. The zero-order valence-corrected chi connectivity index (χ0v) is 11.6. The van der Waals surface area contributed by atoms with Gasteiger partial charge in [-0.05, 0) is 24.8 Å². The van der Waals surface area contributed by atoms with Crippen molar-refractivity contribution in [3.63, 3.8) is 0 Å². The molecule has 1 saturated carbocycles. The summed E-state index contributed by atoms with van der Waals surface area (Å²) in [4.78, 5) is 8.92. The molecule has 1 aliphatic carbocycles. The number of nitrogens with zero attached hydrogens (tertiary/aromatic N) is 3. The van der Waals surface area contributed by atoms with Crippen molar-refractivity contribution in [3.8, 4) is 0 Å². The number of alkyl halides is 1. The van der Waals surface area contributed by atoms with E-state index in [1.807, 2.05) is 6.07 Å². The van der Waals surface area contributed by atoms with Crippen LogP contribution >= 0.6 is 23.2 Å². The molecule has 0 radical (unpaired) electrons. The van der Waals surface area contributed by atoms with E-state index in [1.54, 1.807) is 6.20 Å². The average molecular weight is 284 g/mol. The van der Waals surface area contributed by atoms with Crippen LogP contribution in [0.25, 0.3) is 11.2 Å². The minimum Gasteiger partial charge on any atom is -0.311 e. The van der Waals surface area contributed by atoms with E-state index in [9.17, 15) is 0 Å². The maximum atomic E-state index is 5.98. The van der Waals surface area contributed by atoms with Crippen LogP contribution in [-0.4, -0.2) is 14.5 Å². The fourth-order valence-corrected chi connectivity index (χ4v) is 3.13. The Bertz CT molecular complexity index is 559. The number of hydrogen-bond acceptors (Lipinski definition) is 2. The van der Waals surface area contributed by atoms with Crippen LogP contribution in [-0.2, 0) is 12.4 Å². The quantitative estimate of drug-likeness (QED) is 0.797. The Balaban J connectivity index is 2.01. The van der Waals surface area contributed by atoms with Gasteiger partial charge in [-0.15, -0.1) is 11.6 Å². The molecule has 0 aliphatic heterocycles. The van der Waals surface area contributed by atoms with Gasteiger partial charge in [-0.1, -0.05) is 24.4 Å². The van der Waals surface area contributed by atoms with E-state index in [0.717, 1.165) is 29.5 Å². The van der Waals surface area contributed by atoms with Crippen LogP contribution in [0.3, 0.4) is 0 Å². The van der Waals surface area contributed by atoms with Crippen LogP contribution in [0.2, 0.25) is 5.02 Å². The highest BCUT2D eigenvalue weighted by Crippen LogP contribution is 2.28. The number of aromatic nitrogens is 3. The smallest absolute Gasteiger partial charge is 0.160 e. The van der Waals surface area contributed by atoms with Gasteiger partial charge in [0.15, 0.2) is 5.65 Å². The predicted molar refractivity (Wildman–Crippen MR) is 74.1 cm³/mol. The Hall–Kier alpha value is -0.800. The van der Waals surface area contributed by atoms with Gasteiger partial charge in [-0.2, -0.15) is 0 Å². The second kappa shape index (κ2) is 5.06. The molecule has 18 heavy (non-hydrogen) atoms. The monoisotopic (exact) mass is 283 g/mol. The third-order valence-electron chi connectivity index (χ3n) is 3.67. The fraction of sp³-hybridized carbons (Fsp3) is 0.538. The normalized spacial score (nSPS) is 16.8. The van der Waals surface area contributed by atoms with Gasteiger partial charge in [0.2, 0.25) is 0 Å². The first-order chi connectivity index (χ1) is 8.78. The van der Waals surface area contributed by atoms with E-state index in [-0.39, 0.29) is 0 Å². The molecule has 0 saturated heterocycles. The average Bonchev–Trinajstić information content (AvgIpc) is 2.97. The minimum atomic E-state index is 0.417. The molecule has 0 aromatic carbocycles. The molecule has 0 spiro atoms. The fourth-order valence-electron chi connectivity index (χ4n) is 2.78. The van der Waals surface area contributed by atoms with Crippen LogP contribution in [0, 0.1) is 5.92 Å². The molecule has 2 aromatic heterocycles. The van der Waals surface area contributed by atoms with Crippen molar-refractivity contribution in [2.45, 2.75) is 38.1 Å². The number of fused-ring (bicyclic) bond motifs is 1. The number of pyridine rings is 1. The van der Waals surface area contributed by atoms with Crippen molar-refractivity contribution in [3.05, 3.63) is 23.1 Å². The summed E-state index contributed by atoms with van der Waals surface area (Å²) in [5, 5.41) is 0.620. The zero-order valence-electron chi connectivity index (χ0n) is 10.1. The van der Waals surface area contributed by atoms with Gasteiger partial charge in [0, 0.05) is 12.7 Å². The number of hydrogen-bond donors (Lipinski definition) is 0. The van der Waals surface area contributed by atoms with Crippen LogP contribution < -0.4 is 0 Å². The molecule has 0 atom stereocenters. The van der Waals surface area contributed by atoms with Crippen LogP contribution in [0.5, 0.6) is 0 Å². The summed E-state index contributed by atoms with van der Waals surface area (Å²) < 4.78 is 2.16. The van der Waals surface area contributed by atoms with Gasteiger partial charge < -0.3 is 4.57 Å². The summed E-state index contributed by atoms with van der Waals surface area (Å²) in [5.41, 5.74) is 1.75. The second-order valence-electron chi connectivity index (χ2n) is 4.92. The molecule has 2 heterocycles. The van der Waals surface area contributed by atoms with Gasteiger partial charge in [0.1, 0.15) is 11.3 Å². The van der Waals surface area contributed by atoms with Crippen LogP contribution in [0.1, 0.15) is 31.5 Å². The maximum Gasteiger partial charge on any atom is 0.160 e. The molecule has 1 aliphatic rings. The lowest BCUT2D eigenvalue weighted by molar-refractivity contribution is 0.456. The molecule has 3 rings (SSSR count). The summed E-state index contributed by atoms with van der Waals surface area (Å²) >= 11 is 11.9. The first-order valence-electron chi connectivity index (χ1n) is 6.34. The van der Waals surface area contributed by atoms with E-state index in [1.165, 1.54) is 25.7 Å². The van der Waals surface area contributed by atoms with Gasteiger partial charge in [0.25, 0.3) is 0 Å². The third kappa shape index (κ3) is 2.21. The van der Waals surface area contributed by atoms with E-state index < -0.39 is 0 Å². The molecule has 0 amide bonds. The molecule has 0 N–H and O–H groups in total. The van der Waals surface area contributed by atoms with Gasteiger partial charge in [-0.3, -0.25) is 0 Å². The Labute approximate surface area is 116 Å². The van der Waals surface area contributed by atoms with Crippen LogP contribution in [0.4, 0.5) is 0 Å². The van der Waals surface area contributed by atoms with Gasteiger partial charge in [-0.25, -0.2) is 9.97 Å². The number of imidazole rings is 1. The summed E-state index contributed by atoms with van der Waals surface area (Å²) in [6.45, 7) is 0.979. The first-order valence-corrected chi connectivity index (χ1v) is 7.26. The lowest BCUT2D eigenvalue weighted by atomic mass is 10.1. The van der Waals surface area contributed by atoms with Crippen molar-refractivity contribution in [1.29, 1.82) is 0 Å². The van der Waals surface area contributed by atoms with E-state index >= 15 is 0 Å². The van der Waals surface area contributed by atoms with Crippen molar-refractivity contribution >= 4 is 34.4 Å². The van der Waals surface area contributed by atoms with E-state index in [0.29, 0.717) is 10.9 Å². The van der Waals surface area contributed by atoms with E-state index in [4.69, 9.17) is 23.2 Å². The number of halogens is 2. The Kier molecular flexibility index (Phi) is 3.44. The SMILES string of the molecule is ClCc1nc2cc(Cl)cnc2n1CC1CCCC1. The standard InChI is InChI=1S/C13H15Cl2N3/c14-6-12-17-11-5-10(15)7-16-13(11)18(12)8-9-3-1-2-4-9/h5,7,9H,1-4,6,8H2. The highest BCUT2D eigenvalue weighted by molar-refractivity contribution is 6.31. The minimum absolute atomic E-state index is 0.417. The van der Waals surface area contributed by atoms with Gasteiger partial charge >= 0.3 is 0 Å². The number of rotatable bonds is 3. The molecular formula is C13H15Cl2N3. The highest BCUT2D eigenvalue weighted by Gasteiger charge is 2.19. The lowest BCUT2D eigenvalue weighted by Crippen LogP contribution is -2.10. The Morgan fingerprint density at radius 3 is 2.83 bits per heavy atom. The predicted octanol–water partition coefficient (Wildman–Crippen LogP) is 4.01. The molecular weight excluding hydrogens is 269 g/mol. The first kappa shape index (κ1) is 12.2. The van der Waals surface area contributed by atoms with Crippen LogP contribution in [0.15, 0.2) is 12.3 Å². The highest BCUT2D eigenvalue weighted by atomic mass is 35.5. The second-order valence-corrected chi connectivity index (χ2v) is 5.62. The van der Waals surface area contributed by atoms with E-state index in [2.05, 4.69) is 14.5 Å². The topological polar surface area (TPSA) is 30.7 Å². The Morgan fingerprint density at radius 1 is 1.33 bits per heavy atom. The van der Waals surface area contributed by atoms with Crippen molar-refractivity contribution in [1.82, 2.24) is 14.5 Å². The molecule has 2 aromatic rings. The van der Waals surface area contributed by atoms with Crippen molar-refractivity contribution in [2.24, 2.45) is 5.92 Å². The Morgan fingerprint density at radius 2 is 2.11 bits per heavy atom. The summed E-state index contributed by atoms with van der Waals surface area (Å²) in [5.74, 6) is 2.05. The van der Waals surface area contributed by atoms with Crippen molar-refractivity contribution in [2.75, 3.05) is 0 Å². The van der Waals surface area contributed by atoms with Crippen molar-refractivity contribution < 1.29 is 0 Å². The molecule has 3 nitrogen and oxygen atoms in total. The molecule has 5 heteroatoms. The lowest BCUT2D eigenvalue weighted by Gasteiger charge is -2.12. The summed E-state index contributed by atoms with van der Waals surface area (Å²) in [7, 11) is 0. The summed E-state index contributed by atoms with van der Waals surface area (Å²) in [6, 6.07) is 1.85. The molecule has 1 fully saturated rings. The zero-order chi connectivity index (χ0) is 12.5. The maximum absolute atomic E-state index is 5.98. The third-order valence-corrected chi connectivity index (χ3v) is 4.11. The van der Waals surface area contributed by atoms with Gasteiger partial charge in [0.05, 0.1) is 10.9 Å².